The number of anilines is 1. The van der Waals surface area contributed by atoms with Gasteiger partial charge < -0.3 is 30.1 Å². The second kappa shape index (κ2) is 11.9. The Bertz CT molecular complexity index is 1040. The number of carboxylic acid groups (broad SMARTS) is 1. The van der Waals surface area contributed by atoms with Gasteiger partial charge in [-0.25, -0.2) is 9.18 Å². The van der Waals surface area contributed by atoms with E-state index in [-0.39, 0.29) is 30.4 Å². The van der Waals surface area contributed by atoms with Crippen LogP contribution in [0.1, 0.15) is 18.4 Å². The number of carbonyl (C=O) groups excluding carboxylic acids is 1. The largest absolute Gasteiger partial charge is 0.490 e. The highest BCUT2D eigenvalue weighted by Gasteiger charge is 2.38. The van der Waals surface area contributed by atoms with Crippen molar-refractivity contribution in [3.05, 3.63) is 47.8 Å². The van der Waals surface area contributed by atoms with E-state index in [0.29, 0.717) is 24.5 Å². The van der Waals surface area contributed by atoms with Crippen molar-refractivity contribution in [3.8, 4) is 11.6 Å². The van der Waals surface area contributed by atoms with Crippen molar-refractivity contribution in [2.75, 3.05) is 31.6 Å². The van der Waals surface area contributed by atoms with Crippen LogP contribution in [0, 0.1) is 5.82 Å². The summed E-state index contributed by atoms with van der Waals surface area (Å²) in [6.07, 6.45) is -3.30. The van der Waals surface area contributed by atoms with Crippen LogP contribution in [-0.4, -0.2) is 67.0 Å². The molecule has 1 amide bonds. The van der Waals surface area contributed by atoms with Gasteiger partial charge in [0.15, 0.2) is 11.6 Å². The Balaban J connectivity index is 0.000000454. The molecule has 0 aliphatic carbocycles. The summed E-state index contributed by atoms with van der Waals surface area (Å²) in [4.78, 5) is 27.2. The van der Waals surface area contributed by atoms with Crippen LogP contribution < -0.4 is 25.0 Å². The molecule has 3 N–H and O–H groups in total. The number of methoxy groups -OCH3 is 1. The van der Waals surface area contributed by atoms with Crippen molar-refractivity contribution in [1.82, 2.24) is 15.6 Å². The molecule has 4 rings (SSSR count). The molecular weight excluding hydrogens is 488 g/mol. The van der Waals surface area contributed by atoms with Gasteiger partial charge >= 0.3 is 12.1 Å². The lowest BCUT2D eigenvalue weighted by atomic mass is 10.1. The van der Waals surface area contributed by atoms with E-state index >= 15 is 0 Å². The third kappa shape index (κ3) is 7.20. The number of carboxylic acids is 1. The minimum absolute atomic E-state index is 0.0116. The number of aliphatic carboxylic acids is 1. The first-order valence-electron chi connectivity index (χ1n) is 11.1. The van der Waals surface area contributed by atoms with Gasteiger partial charge in [0.1, 0.15) is 11.9 Å². The second-order valence-corrected chi connectivity index (χ2v) is 8.09. The summed E-state index contributed by atoms with van der Waals surface area (Å²) in [6, 6.07) is 10.8. The van der Waals surface area contributed by atoms with Gasteiger partial charge in [-0.3, -0.25) is 4.79 Å². The van der Waals surface area contributed by atoms with Gasteiger partial charge in [-0.05, 0) is 37.6 Å². The number of nitrogens with one attached hydrogen (secondary N) is 2. The zero-order valence-electron chi connectivity index (χ0n) is 19.3. The number of aromatic nitrogens is 1. The van der Waals surface area contributed by atoms with Crippen LogP contribution in [0.15, 0.2) is 36.4 Å². The number of benzene rings is 1. The molecule has 1 aromatic carbocycles. The van der Waals surface area contributed by atoms with E-state index in [9.17, 15) is 22.4 Å². The highest BCUT2D eigenvalue weighted by molar-refractivity contribution is 5.82. The molecule has 2 fully saturated rings. The van der Waals surface area contributed by atoms with Crippen LogP contribution in [0.4, 0.5) is 23.4 Å². The first-order valence-corrected chi connectivity index (χ1v) is 11.1. The minimum atomic E-state index is -5.08. The molecule has 2 aliphatic rings. The molecule has 1 unspecified atom stereocenters. The Morgan fingerprint density at radius 1 is 1.25 bits per heavy atom. The Hall–Kier alpha value is -3.61. The number of halogens is 4. The van der Waals surface area contributed by atoms with Crippen LogP contribution in [0.3, 0.4) is 0 Å². The number of ether oxygens (including phenoxy) is 2. The quantitative estimate of drug-likeness (QED) is 0.484. The van der Waals surface area contributed by atoms with Crippen LogP contribution in [0.2, 0.25) is 0 Å². The number of nitrogens with zero attached hydrogens (tertiary/aromatic N) is 2. The van der Waals surface area contributed by atoms with E-state index in [2.05, 4.69) is 15.6 Å². The number of hydrogen-bond donors (Lipinski definition) is 3. The van der Waals surface area contributed by atoms with E-state index in [0.717, 1.165) is 25.1 Å². The van der Waals surface area contributed by atoms with E-state index in [1.807, 2.05) is 35.2 Å². The molecule has 0 bridgehead atoms. The standard InChI is InChI=1S/C21H25FN4O3.C2HF3O2/c1-28-21-14(11-24-20(27)18-8-5-9-23-18)10-17(22)19(25-21)26-12-16(13-26)29-15-6-3-2-4-7-15;3-2(4,5)1(6)7/h2-4,6-7,10,16,18,23H,5,8-9,11-13H2,1H3,(H,24,27);(H,6,7). The average Bonchev–Trinajstić information content (AvgIpc) is 3.36. The second-order valence-electron chi connectivity index (χ2n) is 8.09. The fourth-order valence-electron chi connectivity index (χ4n) is 3.62. The van der Waals surface area contributed by atoms with E-state index in [1.54, 1.807) is 0 Å². The van der Waals surface area contributed by atoms with Crippen molar-refractivity contribution < 1.29 is 41.7 Å². The van der Waals surface area contributed by atoms with Gasteiger partial charge in [0.05, 0.1) is 26.2 Å². The smallest absolute Gasteiger partial charge is 0.487 e. The van der Waals surface area contributed by atoms with Gasteiger partial charge in [0.25, 0.3) is 0 Å². The normalized spacial score (nSPS) is 17.5. The molecular formula is C23H26F4N4O5. The lowest BCUT2D eigenvalue weighted by Gasteiger charge is -2.40. The minimum Gasteiger partial charge on any atom is -0.487 e. The highest BCUT2D eigenvalue weighted by Crippen LogP contribution is 2.29. The van der Waals surface area contributed by atoms with Gasteiger partial charge in [-0.1, -0.05) is 18.2 Å². The summed E-state index contributed by atoms with van der Waals surface area (Å²) in [7, 11) is 1.49. The maximum absolute atomic E-state index is 14.7. The molecule has 1 aromatic heterocycles. The van der Waals surface area contributed by atoms with Crippen LogP contribution >= 0.6 is 0 Å². The van der Waals surface area contributed by atoms with Crippen molar-refractivity contribution >= 4 is 17.7 Å². The van der Waals surface area contributed by atoms with Crippen molar-refractivity contribution in [2.24, 2.45) is 0 Å². The average molecular weight is 514 g/mol. The zero-order chi connectivity index (χ0) is 26.3. The molecule has 1 atom stereocenters. The molecule has 2 aromatic rings. The highest BCUT2D eigenvalue weighted by atomic mass is 19.4. The van der Waals surface area contributed by atoms with Gasteiger partial charge in [0.2, 0.25) is 11.8 Å². The fraction of sp³-hybridized carbons (Fsp3) is 0.435. The van der Waals surface area contributed by atoms with E-state index < -0.39 is 18.0 Å². The Morgan fingerprint density at radius 3 is 2.47 bits per heavy atom. The monoisotopic (exact) mass is 514 g/mol. The number of hydrogen-bond acceptors (Lipinski definition) is 7. The predicted molar refractivity (Wildman–Crippen MR) is 120 cm³/mol. The van der Waals surface area contributed by atoms with Gasteiger partial charge in [0, 0.05) is 12.1 Å². The van der Waals surface area contributed by atoms with Crippen molar-refractivity contribution in [3.63, 3.8) is 0 Å². The molecule has 2 saturated heterocycles. The maximum Gasteiger partial charge on any atom is 0.490 e. The molecule has 9 nitrogen and oxygen atoms in total. The summed E-state index contributed by atoms with van der Waals surface area (Å²) in [5.74, 6) is -1.93. The van der Waals surface area contributed by atoms with Gasteiger partial charge in [-0.2, -0.15) is 18.2 Å². The third-order valence-electron chi connectivity index (χ3n) is 5.46. The molecule has 0 spiro atoms. The molecule has 3 heterocycles. The fourth-order valence-corrected chi connectivity index (χ4v) is 3.62. The number of amides is 1. The third-order valence-corrected chi connectivity index (χ3v) is 5.46. The summed E-state index contributed by atoms with van der Waals surface area (Å²) >= 11 is 0. The van der Waals surface area contributed by atoms with Crippen molar-refractivity contribution in [2.45, 2.75) is 37.7 Å². The van der Waals surface area contributed by atoms with E-state index in [1.165, 1.54) is 13.2 Å². The number of pyridine rings is 1. The lowest BCUT2D eigenvalue weighted by Crippen LogP contribution is -2.54. The zero-order valence-corrected chi connectivity index (χ0v) is 19.3. The van der Waals surface area contributed by atoms with Crippen molar-refractivity contribution in [1.29, 1.82) is 0 Å². The molecule has 36 heavy (non-hydrogen) atoms. The predicted octanol–water partition coefficient (Wildman–Crippen LogP) is 2.50. The lowest BCUT2D eigenvalue weighted by molar-refractivity contribution is -0.192. The first kappa shape index (κ1) is 27.0. The Morgan fingerprint density at radius 2 is 1.92 bits per heavy atom. The molecule has 2 aliphatic heterocycles. The van der Waals surface area contributed by atoms with Crippen LogP contribution in [-0.2, 0) is 16.1 Å². The SMILES string of the molecule is COc1nc(N2CC(Oc3ccccc3)C2)c(F)cc1CNC(=O)C1CCCN1.O=C(O)C(F)(F)F. The van der Waals surface area contributed by atoms with Crippen LogP contribution in [0.5, 0.6) is 11.6 Å². The number of carbonyl (C=O) groups is 2. The van der Waals surface area contributed by atoms with E-state index in [4.69, 9.17) is 19.4 Å². The Labute approximate surface area is 204 Å². The number of para-hydroxylation sites is 1. The van der Waals surface area contributed by atoms with Crippen LogP contribution in [0.25, 0.3) is 0 Å². The first-order chi connectivity index (χ1) is 17.1. The summed E-state index contributed by atoms with van der Waals surface area (Å²) < 4.78 is 57.6. The molecule has 0 radical (unpaired) electrons. The molecule has 13 heteroatoms. The summed E-state index contributed by atoms with van der Waals surface area (Å²) in [5.41, 5.74) is 0.512. The van der Waals surface area contributed by atoms with Gasteiger partial charge in [-0.15, -0.1) is 0 Å². The molecule has 0 saturated carbocycles. The number of rotatable bonds is 7. The maximum atomic E-state index is 14.7. The summed E-state index contributed by atoms with van der Waals surface area (Å²) in [5, 5.41) is 13.1. The summed E-state index contributed by atoms with van der Waals surface area (Å²) in [6.45, 7) is 2.11. The number of alkyl halides is 3. The molecule has 196 valence electrons. The topological polar surface area (TPSA) is 113 Å². The Kier molecular flexibility index (Phi) is 8.91.